The average molecular weight is 389 g/mol. The van der Waals surface area contributed by atoms with E-state index >= 15 is 0 Å². The summed E-state index contributed by atoms with van der Waals surface area (Å²) in [4.78, 5) is 30.3. The van der Waals surface area contributed by atoms with Crippen LogP contribution in [0.2, 0.25) is 0 Å². The third-order valence-corrected chi connectivity index (χ3v) is 5.18. The maximum atomic E-state index is 12.7. The Morgan fingerprint density at radius 2 is 2.10 bits per heavy atom. The molecular weight excluding hydrogens is 370 g/mol. The van der Waals surface area contributed by atoms with E-state index in [-0.39, 0.29) is 29.4 Å². The number of anilines is 1. The smallest absolute Gasteiger partial charge is 0.273 e. The molecule has 0 bridgehead atoms. The van der Waals surface area contributed by atoms with Gasteiger partial charge in [-0.15, -0.1) is 0 Å². The highest BCUT2D eigenvalue weighted by atomic mass is 16.3. The zero-order valence-electron chi connectivity index (χ0n) is 15.8. The molecule has 0 radical (unpaired) electrons. The normalized spacial score (nSPS) is 14.1. The fourth-order valence-electron chi connectivity index (χ4n) is 3.36. The van der Waals surface area contributed by atoms with Gasteiger partial charge in [0.2, 0.25) is 5.89 Å². The molecule has 0 saturated heterocycles. The zero-order valence-corrected chi connectivity index (χ0v) is 15.8. The molecule has 1 amide bonds. The minimum absolute atomic E-state index is 0.0404. The molecule has 0 spiro atoms. The summed E-state index contributed by atoms with van der Waals surface area (Å²) in [5.41, 5.74) is 9.58. The lowest BCUT2D eigenvalue weighted by molar-refractivity contribution is 0.0912. The van der Waals surface area contributed by atoms with Crippen molar-refractivity contribution in [3.63, 3.8) is 0 Å². The van der Waals surface area contributed by atoms with E-state index in [0.717, 1.165) is 36.2 Å². The number of hydrogen-bond acceptors (Lipinski definition) is 7. The molecule has 1 saturated carbocycles. The van der Waals surface area contributed by atoms with Gasteiger partial charge >= 0.3 is 0 Å². The second-order valence-corrected chi connectivity index (χ2v) is 7.14. The van der Waals surface area contributed by atoms with Crippen LogP contribution in [0.5, 0.6) is 0 Å². The number of aryl methyl sites for hydroxylation is 1. The van der Waals surface area contributed by atoms with Gasteiger partial charge in [0.15, 0.2) is 17.2 Å². The molecule has 0 atom stereocenters. The van der Waals surface area contributed by atoms with Gasteiger partial charge in [0, 0.05) is 29.7 Å². The number of carbonyl (C=O) groups excluding carboxylic acids is 1. The Morgan fingerprint density at radius 1 is 1.24 bits per heavy atom. The molecule has 3 N–H and O–H groups in total. The molecular formula is C20H19N7O2. The lowest BCUT2D eigenvalue weighted by atomic mass is 9.93. The van der Waals surface area contributed by atoms with Crippen LogP contribution in [0.1, 0.15) is 35.4 Å². The van der Waals surface area contributed by atoms with Crippen LogP contribution in [-0.4, -0.2) is 36.3 Å². The summed E-state index contributed by atoms with van der Waals surface area (Å²) in [6.07, 6.45) is 9.73. The number of carbonyl (C=O) groups is 1. The SMILES string of the molecule is Cc1cnc2ccc(-c3nc(C(=O)NC4CCC4)c(N)nc3-c3ncco3)cn12. The van der Waals surface area contributed by atoms with Crippen LogP contribution >= 0.6 is 0 Å². The van der Waals surface area contributed by atoms with Gasteiger partial charge in [0.25, 0.3) is 5.91 Å². The molecule has 1 aliphatic carbocycles. The number of oxazole rings is 1. The fraction of sp³-hybridized carbons (Fsp3) is 0.250. The maximum Gasteiger partial charge on any atom is 0.273 e. The molecule has 1 fully saturated rings. The Morgan fingerprint density at radius 3 is 2.83 bits per heavy atom. The lowest BCUT2D eigenvalue weighted by Crippen LogP contribution is -2.40. The van der Waals surface area contributed by atoms with Crippen LogP contribution < -0.4 is 11.1 Å². The molecule has 0 aromatic carbocycles. The van der Waals surface area contributed by atoms with Gasteiger partial charge in [0.05, 0.1) is 6.20 Å². The Labute approximate surface area is 166 Å². The van der Waals surface area contributed by atoms with Gasteiger partial charge in [-0.3, -0.25) is 4.79 Å². The minimum atomic E-state index is -0.320. The van der Waals surface area contributed by atoms with Crippen LogP contribution in [0.3, 0.4) is 0 Å². The Bertz CT molecular complexity index is 1210. The molecule has 9 heteroatoms. The minimum Gasteiger partial charge on any atom is -0.443 e. The van der Waals surface area contributed by atoms with Crippen LogP contribution in [0.15, 0.2) is 41.4 Å². The van der Waals surface area contributed by atoms with Crippen molar-refractivity contribution in [2.75, 3.05) is 5.73 Å². The predicted molar refractivity (Wildman–Crippen MR) is 106 cm³/mol. The molecule has 5 rings (SSSR count). The maximum absolute atomic E-state index is 12.7. The second-order valence-electron chi connectivity index (χ2n) is 7.14. The second kappa shape index (κ2) is 6.69. The number of nitrogens with zero attached hydrogens (tertiary/aromatic N) is 5. The molecule has 146 valence electrons. The first-order valence-electron chi connectivity index (χ1n) is 9.42. The van der Waals surface area contributed by atoms with E-state index in [0.29, 0.717) is 11.4 Å². The number of hydrogen-bond donors (Lipinski definition) is 2. The Kier molecular flexibility index (Phi) is 4.01. The first-order chi connectivity index (χ1) is 14.1. The van der Waals surface area contributed by atoms with Crippen LogP contribution in [0, 0.1) is 6.92 Å². The van der Waals surface area contributed by atoms with E-state index < -0.39 is 0 Å². The number of aromatic nitrogens is 5. The number of nitrogen functional groups attached to an aromatic ring is 1. The van der Waals surface area contributed by atoms with E-state index in [1.807, 2.05) is 29.7 Å². The Balaban J connectivity index is 1.66. The summed E-state index contributed by atoms with van der Waals surface area (Å²) < 4.78 is 7.38. The Hall–Kier alpha value is -3.75. The van der Waals surface area contributed by atoms with Gasteiger partial charge in [0.1, 0.15) is 17.6 Å². The standard InChI is InChI=1S/C20H19N7O2/c1-11-9-23-14-6-5-12(10-27(11)14)15-16(20-22-7-8-29-20)26-18(21)17(25-15)19(28)24-13-3-2-4-13/h5-10,13H,2-4H2,1H3,(H2,21,26)(H,24,28). The van der Waals surface area contributed by atoms with Crippen LogP contribution in [-0.2, 0) is 0 Å². The number of fused-ring (bicyclic) bond motifs is 1. The van der Waals surface area contributed by atoms with Gasteiger partial charge in [-0.1, -0.05) is 0 Å². The molecule has 4 aromatic heterocycles. The number of nitrogens with one attached hydrogen (secondary N) is 1. The van der Waals surface area contributed by atoms with Crippen molar-refractivity contribution >= 4 is 17.4 Å². The van der Waals surface area contributed by atoms with Crippen molar-refractivity contribution in [3.8, 4) is 22.8 Å². The summed E-state index contributed by atoms with van der Waals surface area (Å²) in [6.45, 7) is 1.96. The van der Waals surface area contributed by atoms with Crippen LogP contribution in [0.25, 0.3) is 28.5 Å². The highest BCUT2D eigenvalue weighted by molar-refractivity contribution is 5.98. The first-order valence-corrected chi connectivity index (χ1v) is 9.42. The molecule has 1 aliphatic rings. The molecule has 4 heterocycles. The third kappa shape index (κ3) is 3.00. The first kappa shape index (κ1) is 17.4. The lowest BCUT2D eigenvalue weighted by Gasteiger charge is -2.26. The van der Waals surface area contributed by atoms with Crippen LogP contribution in [0.4, 0.5) is 5.82 Å². The van der Waals surface area contributed by atoms with Crippen molar-refractivity contribution in [1.29, 1.82) is 0 Å². The van der Waals surface area contributed by atoms with E-state index in [9.17, 15) is 4.79 Å². The number of pyridine rings is 1. The molecule has 0 aliphatic heterocycles. The predicted octanol–water partition coefficient (Wildman–Crippen LogP) is 2.62. The van der Waals surface area contributed by atoms with E-state index in [1.54, 1.807) is 6.20 Å². The number of rotatable bonds is 4. The monoisotopic (exact) mass is 389 g/mol. The molecule has 4 aromatic rings. The zero-order chi connectivity index (χ0) is 20.0. The number of nitrogens with two attached hydrogens (primary N) is 1. The molecule has 29 heavy (non-hydrogen) atoms. The van der Waals surface area contributed by atoms with Crippen molar-refractivity contribution in [3.05, 3.63) is 48.4 Å². The van der Waals surface area contributed by atoms with Crippen molar-refractivity contribution < 1.29 is 9.21 Å². The van der Waals surface area contributed by atoms with E-state index in [4.69, 9.17) is 10.2 Å². The van der Waals surface area contributed by atoms with Crippen molar-refractivity contribution in [1.82, 2.24) is 29.7 Å². The topological polar surface area (TPSA) is 124 Å². The van der Waals surface area contributed by atoms with Gasteiger partial charge in [-0.2, -0.15) is 0 Å². The number of imidazole rings is 1. The third-order valence-electron chi connectivity index (χ3n) is 5.18. The van der Waals surface area contributed by atoms with Crippen molar-refractivity contribution in [2.24, 2.45) is 0 Å². The summed E-state index contributed by atoms with van der Waals surface area (Å²) in [7, 11) is 0. The highest BCUT2D eigenvalue weighted by Crippen LogP contribution is 2.30. The largest absolute Gasteiger partial charge is 0.443 e. The van der Waals surface area contributed by atoms with Gasteiger partial charge < -0.3 is 19.9 Å². The molecule has 9 nitrogen and oxygen atoms in total. The van der Waals surface area contributed by atoms with Gasteiger partial charge in [-0.25, -0.2) is 19.9 Å². The summed E-state index contributed by atoms with van der Waals surface area (Å²) >= 11 is 0. The average Bonchev–Trinajstić information content (AvgIpc) is 3.34. The number of amides is 1. The summed E-state index contributed by atoms with van der Waals surface area (Å²) in [5, 5.41) is 2.97. The summed E-state index contributed by atoms with van der Waals surface area (Å²) in [5.74, 6) is 0.00561. The highest BCUT2D eigenvalue weighted by Gasteiger charge is 2.25. The van der Waals surface area contributed by atoms with E-state index in [2.05, 4.69) is 25.3 Å². The fourth-order valence-corrected chi connectivity index (χ4v) is 3.36. The quantitative estimate of drug-likeness (QED) is 0.550. The summed E-state index contributed by atoms with van der Waals surface area (Å²) in [6, 6.07) is 3.93. The van der Waals surface area contributed by atoms with Gasteiger partial charge in [-0.05, 0) is 38.3 Å². The van der Waals surface area contributed by atoms with E-state index in [1.165, 1.54) is 12.5 Å². The molecule has 0 unspecified atom stereocenters. The van der Waals surface area contributed by atoms with Crippen molar-refractivity contribution in [2.45, 2.75) is 32.2 Å².